The van der Waals surface area contributed by atoms with Gasteiger partial charge in [-0.15, -0.1) is 0 Å². The Kier molecular flexibility index (Phi) is 3.59. The van der Waals surface area contributed by atoms with Gasteiger partial charge in [0.05, 0.1) is 6.20 Å². The van der Waals surface area contributed by atoms with Crippen LogP contribution in [0.15, 0.2) is 18.6 Å². The van der Waals surface area contributed by atoms with Gasteiger partial charge in [-0.3, -0.25) is 4.40 Å². The van der Waals surface area contributed by atoms with Crippen LogP contribution in [-0.2, 0) is 0 Å². The Bertz CT molecular complexity index is 674. The minimum atomic E-state index is -0.885. The van der Waals surface area contributed by atoms with Crippen molar-refractivity contribution in [3.63, 3.8) is 0 Å². The van der Waals surface area contributed by atoms with Crippen LogP contribution >= 0.6 is 11.6 Å². The summed E-state index contributed by atoms with van der Waals surface area (Å²) in [6.07, 6.45) is 5.77. The highest BCUT2D eigenvalue weighted by Crippen LogP contribution is 2.22. The van der Waals surface area contributed by atoms with Crippen LogP contribution < -0.4 is 5.32 Å². The maximum Gasteiger partial charge on any atom is 0.407 e. The van der Waals surface area contributed by atoms with Crippen molar-refractivity contribution in [1.29, 1.82) is 0 Å². The van der Waals surface area contributed by atoms with Crippen molar-refractivity contribution in [1.82, 2.24) is 19.3 Å². The third-order valence-electron chi connectivity index (χ3n) is 3.85. The standard InChI is InChI=1S/C13H16ClN5O2/c1-8-2-3-9(7-19(8)13(20)21)17-11-12-16-6-10(14)18(12)5-4-15-11/h4-6,8-9H,2-3,7H2,1H3,(H,15,17)(H,20,21). The lowest BCUT2D eigenvalue weighted by Gasteiger charge is -2.36. The molecule has 2 aromatic rings. The predicted molar refractivity (Wildman–Crippen MR) is 78.8 cm³/mol. The molecule has 21 heavy (non-hydrogen) atoms. The second-order valence-corrected chi connectivity index (χ2v) is 5.64. The maximum atomic E-state index is 11.2. The van der Waals surface area contributed by atoms with Gasteiger partial charge in [-0.05, 0) is 19.8 Å². The second kappa shape index (κ2) is 5.40. The van der Waals surface area contributed by atoms with Gasteiger partial charge in [-0.25, -0.2) is 14.8 Å². The normalized spacial score (nSPS) is 22.5. The number of carboxylic acid groups (broad SMARTS) is 1. The fourth-order valence-corrected chi connectivity index (χ4v) is 2.86. The first kappa shape index (κ1) is 13.9. The van der Waals surface area contributed by atoms with Gasteiger partial charge in [-0.2, -0.15) is 0 Å². The van der Waals surface area contributed by atoms with Crippen LogP contribution in [0.2, 0.25) is 5.15 Å². The average Bonchev–Trinajstić information content (AvgIpc) is 2.84. The number of rotatable bonds is 2. The molecule has 2 aromatic heterocycles. The number of fused-ring (bicyclic) bond motifs is 1. The Hall–Kier alpha value is -2.02. The molecule has 0 aromatic carbocycles. The SMILES string of the molecule is CC1CCC(Nc2nccn3c(Cl)cnc23)CN1C(=O)O. The number of halogens is 1. The van der Waals surface area contributed by atoms with Crippen LogP contribution in [-0.4, -0.2) is 49.1 Å². The van der Waals surface area contributed by atoms with E-state index < -0.39 is 6.09 Å². The Morgan fingerprint density at radius 2 is 2.29 bits per heavy atom. The summed E-state index contributed by atoms with van der Waals surface area (Å²) in [5.41, 5.74) is 0.642. The molecule has 2 N–H and O–H groups in total. The van der Waals surface area contributed by atoms with Gasteiger partial charge in [0.15, 0.2) is 11.5 Å². The van der Waals surface area contributed by atoms with E-state index in [0.29, 0.717) is 23.2 Å². The van der Waals surface area contributed by atoms with Crippen molar-refractivity contribution in [3.05, 3.63) is 23.7 Å². The van der Waals surface area contributed by atoms with E-state index in [2.05, 4.69) is 15.3 Å². The van der Waals surface area contributed by atoms with Crippen molar-refractivity contribution in [3.8, 4) is 0 Å². The highest BCUT2D eigenvalue weighted by Gasteiger charge is 2.29. The minimum Gasteiger partial charge on any atom is -0.465 e. The number of nitrogens with zero attached hydrogens (tertiary/aromatic N) is 4. The average molecular weight is 310 g/mol. The topological polar surface area (TPSA) is 82.8 Å². The van der Waals surface area contributed by atoms with Crippen LogP contribution in [0.5, 0.6) is 0 Å². The largest absolute Gasteiger partial charge is 0.465 e. The highest BCUT2D eigenvalue weighted by atomic mass is 35.5. The number of carbonyl (C=O) groups is 1. The van der Waals surface area contributed by atoms with E-state index in [1.54, 1.807) is 23.0 Å². The summed E-state index contributed by atoms with van der Waals surface area (Å²) in [7, 11) is 0. The summed E-state index contributed by atoms with van der Waals surface area (Å²) < 4.78 is 1.73. The molecule has 0 spiro atoms. The molecule has 3 rings (SSSR count). The van der Waals surface area contributed by atoms with Crippen LogP contribution in [0.1, 0.15) is 19.8 Å². The van der Waals surface area contributed by atoms with Crippen molar-refractivity contribution < 1.29 is 9.90 Å². The van der Waals surface area contributed by atoms with Gasteiger partial charge in [0.2, 0.25) is 0 Å². The van der Waals surface area contributed by atoms with E-state index in [0.717, 1.165) is 12.8 Å². The van der Waals surface area contributed by atoms with E-state index in [4.69, 9.17) is 11.6 Å². The third kappa shape index (κ3) is 2.61. The number of piperidine rings is 1. The summed E-state index contributed by atoms with van der Waals surface area (Å²) in [5, 5.41) is 13.0. The molecule has 3 heterocycles. The van der Waals surface area contributed by atoms with Gasteiger partial charge in [0.1, 0.15) is 5.15 Å². The Morgan fingerprint density at radius 1 is 1.48 bits per heavy atom. The molecule has 8 heteroatoms. The fourth-order valence-electron chi connectivity index (χ4n) is 2.68. The quantitative estimate of drug-likeness (QED) is 0.889. The van der Waals surface area contributed by atoms with Crippen LogP contribution in [0.25, 0.3) is 5.65 Å². The molecule has 0 bridgehead atoms. The zero-order valence-corrected chi connectivity index (χ0v) is 12.3. The number of likely N-dealkylation sites (tertiary alicyclic amines) is 1. The number of imidazole rings is 1. The molecule has 1 saturated heterocycles. The molecule has 0 saturated carbocycles. The Labute approximate surface area is 126 Å². The number of anilines is 1. The van der Waals surface area contributed by atoms with Crippen LogP contribution in [0, 0.1) is 0 Å². The summed E-state index contributed by atoms with van der Waals surface area (Å²) in [4.78, 5) is 21.2. The first-order valence-electron chi connectivity index (χ1n) is 6.80. The summed E-state index contributed by atoms with van der Waals surface area (Å²) in [6, 6.07) is 0.0663. The Balaban J connectivity index is 1.81. The molecule has 112 valence electrons. The first-order valence-corrected chi connectivity index (χ1v) is 7.17. The zero-order chi connectivity index (χ0) is 15.0. The monoisotopic (exact) mass is 309 g/mol. The summed E-state index contributed by atoms with van der Waals surface area (Å²) >= 11 is 6.03. The highest BCUT2D eigenvalue weighted by molar-refractivity contribution is 6.29. The van der Waals surface area contributed by atoms with E-state index >= 15 is 0 Å². The van der Waals surface area contributed by atoms with Crippen molar-refractivity contribution in [2.45, 2.75) is 31.8 Å². The molecule has 7 nitrogen and oxygen atoms in total. The molecule has 1 aliphatic rings. The lowest BCUT2D eigenvalue weighted by atomic mass is 10.00. The molecular weight excluding hydrogens is 294 g/mol. The third-order valence-corrected chi connectivity index (χ3v) is 4.13. The molecule has 2 unspecified atom stereocenters. The molecule has 0 radical (unpaired) electrons. The van der Waals surface area contributed by atoms with Gasteiger partial charge in [-0.1, -0.05) is 11.6 Å². The molecule has 2 atom stereocenters. The van der Waals surface area contributed by atoms with E-state index in [-0.39, 0.29) is 12.1 Å². The predicted octanol–water partition coefficient (Wildman–Crippen LogP) is 2.33. The second-order valence-electron chi connectivity index (χ2n) is 5.25. The molecule has 1 aliphatic heterocycles. The number of hydrogen-bond acceptors (Lipinski definition) is 4. The zero-order valence-electron chi connectivity index (χ0n) is 11.5. The maximum absolute atomic E-state index is 11.2. The Morgan fingerprint density at radius 3 is 3.05 bits per heavy atom. The van der Waals surface area contributed by atoms with E-state index in [1.807, 2.05) is 6.92 Å². The lowest BCUT2D eigenvalue weighted by Crippen LogP contribution is -2.49. The molecule has 0 aliphatic carbocycles. The van der Waals surface area contributed by atoms with Gasteiger partial charge in [0.25, 0.3) is 0 Å². The summed E-state index contributed by atoms with van der Waals surface area (Å²) in [6.45, 7) is 2.37. The molecular formula is C13H16ClN5O2. The molecule has 1 fully saturated rings. The van der Waals surface area contributed by atoms with Crippen molar-refractivity contribution in [2.24, 2.45) is 0 Å². The van der Waals surface area contributed by atoms with Gasteiger partial charge >= 0.3 is 6.09 Å². The number of hydrogen-bond donors (Lipinski definition) is 2. The fraction of sp³-hybridized carbons (Fsp3) is 0.462. The van der Waals surface area contributed by atoms with Crippen LogP contribution in [0.4, 0.5) is 10.6 Å². The smallest absolute Gasteiger partial charge is 0.407 e. The minimum absolute atomic E-state index is 0.0199. The van der Waals surface area contributed by atoms with E-state index in [9.17, 15) is 9.90 Å². The van der Waals surface area contributed by atoms with Crippen molar-refractivity contribution in [2.75, 3.05) is 11.9 Å². The van der Waals surface area contributed by atoms with E-state index in [1.165, 1.54) is 4.90 Å². The number of aromatic nitrogens is 3. The van der Waals surface area contributed by atoms with Crippen molar-refractivity contribution >= 4 is 29.2 Å². The van der Waals surface area contributed by atoms with Gasteiger partial charge in [0, 0.05) is 31.0 Å². The lowest BCUT2D eigenvalue weighted by molar-refractivity contribution is 0.108. The van der Waals surface area contributed by atoms with Crippen LogP contribution in [0.3, 0.4) is 0 Å². The molecule has 1 amide bonds. The summed E-state index contributed by atoms with van der Waals surface area (Å²) in [5.74, 6) is 0.620. The van der Waals surface area contributed by atoms with Gasteiger partial charge < -0.3 is 15.3 Å². The number of amides is 1. The first-order chi connectivity index (χ1) is 10.1. The number of nitrogens with one attached hydrogen (secondary N) is 1.